The maximum Gasteiger partial charge on any atom is 0.0363 e. The normalized spacial score (nSPS) is 10.4. The van der Waals surface area contributed by atoms with Crippen molar-refractivity contribution in [3.8, 4) is 0 Å². The summed E-state index contributed by atoms with van der Waals surface area (Å²) >= 11 is 0. The molecule has 90 valence electrons. The lowest BCUT2D eigenvalue weighted by molar-refractivity contribution is 0.643. The van der Waals surface area contributed by atoms with E-state index in [-0.39, 0.29) is 0 Å². The third-order valence-electron chi connectivity index (χ3n) is 2.92. The highest BCUT2D eigenvalue weighted by molar-refractivity contribution is 5.46. The van der Waals surface area contributed by atoms with Gasteiger partial charge >= 0.3 is 0 Å². The number of benzene rings is 1. The molecule has 0 bridgehead atoms. The van der Waals surface area contributed by atoms with Crippen molar-refractivity contribution < 1.29 is 0 Å². The zero-order chi connectivity index (χ0) is 11.8. The van der Waals surface area contributed by atoms with Crippen LogP contribution >= 0.6 is 0 Å². The lowest BCUT2D eigenvalue weighted by Gasteiger charge is -2.19. The number of rotatable bonds is 7. The minimum atomic E-state index is 0.827. The molecule has 0 heterocycles. The predicted octanol–water partition coefficient (Wildman–Crippen LogP) is 2.95. The Bertz CT molecular complexity index is 279. The minimum Gasteiger partial charge on any atom is -0.375 e. The number of nitrogens with two attached hydrogens (primary N) is 1. The fraction of sp³-hybridized carbons (Fsp3) is 0.571. The van der Waals surface area contributed by atoms with Crippen LogP contribution in [0, 0.1) is 6.92 Å². The highest BCUT2D eigenvalue weighted by Gasteiger charge is 1.99. The molecule has 0 spiro atoms. The molecule has 0 aliphatic heterocycles. The maximum absolute atomic E-state index is 5.47. The van der Waals surface area contributed by atoms with Gasteiger partial charge < -0.3 is 10.6 Å². The first-order valence-electron chi connectivity index (χ1n) is 6.22. The Morgan fingerprint density at radius 1 is 1.00 bits per heavy atom. The molecule has 2 N–H and O–H groups in total. The van der Waals surface area contributed by atoms with Crippen molar-refractivity contribution in [1.82, 2.24) is 0 Å². The number of unbranched alkanes of at least 4 members (excludes halogenated alkanes) is 3. The van der Waals surface area contributed by atoms with Gasteiger partial charge in [0.05, 0.1) is 0 Å². The van der Waals surface area contributed by atoms with Gasteiger partial charge in [0.1, 0.15) is 0 Å². The quantitative estimate of drug-likeness (QED) is 0.716. The second kappa shape index (κ2) is 7.29. The first-order chi connectivity index (χ1) is 7.74. The molecule has 0 radical (unpaired) electrons. The van der Waals surface area contributed by atoms with E-state index >= 15 is 0 Å². The Kier molecular flexibility index (Phi) is 5.94. The largest absolute Gasteiger partial charge is 0.375 e. The highest BCUT2D eigenvalue weighted by atomic mass is 15.1. The monoisotopic (exact) mass is 220 g/mol. The van der Waals surface area contributed by atoms with Crippen LogP contribution in [0.3, 0.4) is 0 Å². The first kappa shape index (κ1) is 13.0. The molecule has 1 aromatic carbocycles. The zero-order valence-electron chi connectivity index (χ0n) is 10.6. The van der Waals surface area contributed by atoms with Crippen molar-refractivity contribution in [1.29, 1.82) is 0 Å². The average Bonchev–Trinajstić information content (AvgIpc) is 2.29. The Hall–Kier alpha value is -1.02. The Morgan fingerprint density at radius 3 is 2.25 bits per heavy atom. The SMILES string of the molecule is Cc1ccc(N(C)CCCCCCN)cc1. The molecule has 0 atom stereocenters. The molecule has 1 rings (SSSR count). The van der Waals surface area contributed by atoms with Crippen LogP contribution in [0.1, 0.15) is 31.2 Å². The van der Waals surface area contributed by atoms with Gasteiger partial charge in [-0.05, 0) is 38.4 Å². The summed E-state index contributed by atoms with van der Waals surface area (Å²) in [6, 6.07) is 8.71. The van der Waals surface area contributed by atoms with Crippen LogP contribution in [0.15, 0.2) is 24.3 Å². The van der Waals surface area contributed by atoms with E-state index in [1.54, 1.807) is 0 Å². The van der Waals surface area contributed by atoms with E-state index in [4.69, 9.17) is 5.73 Å². The standard InChI is InChI=1S/C14H24N2/c1-13-7-9-14(10-8-13)16(2)12-6-4-3-5-11-15/h7-10H,3-6,11-12,15H2,1-2H3. The number of anilines is 1. The van der Waals surface area contributed by atoms with Crippen molar-refractivity contribution in [3.05, 3.63) is 29.8 Å². The van der Waals surface area contributed by atoms with Crippen molar-refractivity contribution in [2.75, 3.05) is 25.0 Å². The van der Waals surface area contributed by atoms with Gasteiger partial charge in [0, 0.05) is 19.3 Å². The Labute approximate surface area is 99.5 Å². The number of hydrogen-bond acceptors (Lipinski definition) is 2. The van der Waals surface area contributed by atoms with Gasteiger partial charge in [-0.2, -0.15) is 0 Å². The van der Waals surface area contributed by atoms with Crippen LogP contribution in [0.25, 0.3) is 0 Å². The summed E-state index contributed by atoms with van der Waals surface area (Å²) in [6.45, 7) is 4.08. The van der Waals surface area contributed by atoms with Crippen molar-refractivity contribution >= 4 is 5.69 Å². The molecule has 0 amide bonds. The number of hydrogen-bond donors (Lipinski definition) is 1. The maximum atomic E-state index is 5.47. The topological polar surface area (TPSA) is 29.3 Å². The summed E-state index contributed by atoms with van der Waals surface area (Å²) in [5.41, 5.74) is 8.09. The molecule has 0 aliphatic rings. The van der Waals surface area contributed by atoms with Crippen LogP contribution < -0.4 is 10.6 Å². The van der Waals surface area contributed by atoms with E-state index in [0.717, 1.165) is 19.5 Å². The summed E-state index contributed by atoms with van der Waals surface area (Å²) in [6.07, 6.45) is 4.96. The molecule has 0 unspecified atom stereocenters. The van der Waals surface area contributed by atoms with Gasteiger partial charge in [0.2, 0.25) is 0 Å². The second-order valence-corrected chi connectivity index (χ2v) is 4.46. The van der Waals surface area contributed by atoms with Crippen LogP contribution in [-0.2, 0) is 0 Å². The van der Waals surface area contributed by atoms with Gasteiger partial charge in [0.15, 0.2) is 0 Å². The van der Waals surface area contributed by atoms with Gasteiger partial charge in [0.25, 0.3) is 0 Å². The fourth-order valence-electron chi connectivity index (χ4n) is 1.78. The summed E-state index contributed by atoms with van der Waals surface area (Å²) in [5.74, 6) is 0. The summed E-state index contributed by atoms with van der Waals surface area (Å²) in [7, 11) is 2.16. The fourth-order valence-corrected chi connectivity index (χ4v) is 1.78. The number of nitrogens with zero attached hydrogens (tertiary/aromatic N) is 1. The summed E-state index contributed by atoms with van der Waals surface area (Å²) in [4.78, 5) is 2.32. The molecule has 0 aliphatic carbocycles. The minimum absolute atomic E-state index is 0.827. The van der Waals surface area contributed by atoms with Crippen molar-refractivity contribution in [3.63, 3.8) is 0 Å². The van der Waals surface area contributed by atoms with E-state index in [1.807, 2.05) is 0 Å². The second-order valence-electron chi connectivity index (χ2n) is 4.46. The Balaban J connectivity index is 2.24. The molecule has 2 nitrogen and oxygen atoms in total. The molecule has 16 heavy (non-hydrogen) atoms. The molecule has 1 aromatic rings. The average molecular weight is 220 g/mol. The van der Waals surface area contributed by atoms with Gasteiger partial charge in [-0.3, -0.25) is 0 Å². The van der Waals surface area contributed by atoms with Crippen molar-refractivity contribution in [2.24, 2.45) is 5.73 Å². The molecule has 0 aromatic heterocycles. The van der Waals surface area contributed by atoms with Gasteiger partial charge in [-0.1, -0.05) is 30.5 Å². The van der Waals surface area contributed by atoms with Crippen LogP contribution in [0.5, 0.6) is 0 Å². The molecule has 0 saturated heterocycles. The molecular weight excluding hydrogens is 196 g/mol. The van der Waals surface area contributed by atoms with E-state index in [1.165, 1.54) is 30.5 Å². The van der Waals surface area contributed by atoms with Crippen molar-refractivity contribution in [2.45, 2.75) is 32.6 Å². The number of aryl methyl sites for hydroxylation is 1. The summed E-state index contributed by atoms with van der Waals surface area (Å²) in [5, 5.41) is 0. The van der Waals surface area contributed by atoms with Crippen LogP contribution in [-0.4, -0.2) is 20.1 Å². The third kappa shape index (κ3) is 4.67. The molecule has 0 fully saturated rings. The van der Waals surface area contributed by atoms with E-state index in [0.29, 0.717) is 0 Å². The smallest absolute Gasteiger partial charge is 0.0363 e. The predicted molar refractivity (Wildman–Crippen MR) is 72.0 cm³/mol. The lowest BCUT2D eigenvalue weighted by atomic mass is 10.1. The highest BCUT2D eigenvalue weighted by Crippen LogP contribution is 2.14. The van der Waals surface area contributed by atoms with Crippen LogP contribution in [0.4, 0.5) is 5.69 Å². The van der Waals surface area contributed by atoms with E-state index in [2.05, 4.69) is 43.1 Å². The van der Waals surface area contributed by atoms with E-state index < -0.39 is 0 Å². The lowest BCUT2D eigenvalue weighted by Crippen LogP contribution is -2.18. The summed E-state index contributed by atoms with van der Waals surface area (Å²) < 4.78 is 0. The molecule has 2 heteroatoms. The Morgan fingerprint density at radius 2 is 1.62 bits per heavy atom. The first-order valence-corrected chi connectivity index (χ1v) is 6.22. The molecule has 0 saturated carbocycles. The van der Waals surface area contributed by atoms with Crippen LogP contribution in [0.2, 0.25) is 0 Å². The van der Waals surface area contributed by atoms with Gasteiger partial charge in [-0.25, -0.2) is 0 Å². The zero-order valence-corrected chi connectivity index (χ0v) is 10.6. The van der Waals surface area contributed by atoms with Gasteiger partial charge in [-0.15, -0.1) is 0 Å². The third-order valence-corrected chi connectivity index (χ3v) is 2.92. The molecular formula is C14H24N2. The van der Waals surface area contributed by atoms with E-state index in [9.17, 15) is 0 Å².